The maximum Gasteiger partial charge on any atom is 0.311 e. The van der Waals surface area contributed by atoms with Crippen LogP contribution < -0.4 is 0 Å². The lowest BCUT2D eigenvalue weighted by molar-refractivity contribution is -0.147. The van der Waals surface area contributed by atoms with Crippen molar-refractivity contribution in [2.75, 3.05) is 13.2 Å². The first-order valence-electron chi connectivity index (χ1n) is 9.57. The van der Waals surface area contributed by atoms with Crippen molar-refractivity contribution >= 4 is 17.7 Å². The maximum absolute atomic E-state index is 12.5. The summed E-state index contributed by atoms with van der Waals surface area (Å²) < 4.78 is 12.6. The summed E-state index contributed by atoms with van der Waals surface area (Å²) in [5.41, 5.74) is 2.49. The molecule has 3 rings (SSSR count). The minimum absolute atomic E-state index is 0.0960. The molecule has 150 valence electrons. The van der Waals surface area contributed by atoms with Crippen LogP contribution in [0.25, 0.3) is 0 Å². The number of ketones is 1. The van der Waals surface area contributed by atoms with Crippen LogP contribution >= 0.6 is 0 Å². The predicted octanol–water partition coefficient (Wildman–Crippen LogP) is 2.88. The van der Waals surface area contributed by atoms with Crippen LogP contribution in [-0.2, 0) is 27.4 Å². The monoisotopic (exact) mass is 386 g/mol. The SMILES string of the molecule is CCCn1c(C)cc(C(=O)COC(=O)[C@H]2CC(=O)N(Cc3ccco3)C2)c1C. The third kappa shape index (κ3) is 4.18. The normalized spacial score (nSPS) is 16.6. The van der Waals surface area contributed by atoms with E-state index in [-0.39, 0.29) is 31.3 Å². The van der Waals surface area contributed by atoms with E-state index in [9.17, 15) is 14.4 Å². The average Bonchev–Trinajstić information content (AvgIpc) is 3.37. The number of carbonyl (C=O) groups is 3. The van der Waals surface area contributed by atoms with Crippen LogP contribution in [0.5, 0.6) is 0 Å². The molecule has 3 heterocycles. The lowest BCUT2D eigenvalue weighted by atomic mass is 10.1. The first-order valence-corrected chi connectivity index (χ1v) is 9.57. The van der Waals surface area contributed by atoms with Gasteiger partial charge in [-0.15, -0.1) is 0 Å². The molecule has 1 amide bonds. The fourth-order valence-corrected chi connectivity index (χ4v) is 3.66. The Morgan fingerprint density at radius 1 is 1.32 bits per heavy atom. The van der Waals surface area contributed by atoms with E-state index in [1.54, 1.807) is 23.3 Å². The van der Waals surface area contributed by atoms with Gasteiger partial charge >= 0.3 is 5.97 Å². The van der Waals surface area contributed by atoms with Crippen LogP contribution in [-0.4, -0.2) is 40.3 Å². The molecule has 0 saturated carbocycles. The van der Waals surface area contributed by atoms with Crippen LogP contribution in [0, 0.1) is 19.8 Å². The number of nitrogens with zero attached hydrogens (tertiary/aromatic N) is 2. The number of esters is 1. The number of likely N-dealkylation sites (tertiary alicyclic amines) is 1. The zero-order valence-corrected chi connectivity index (χ0v) is 16.6. The smallest absolute Gasteiger partial charge is 0.311 e. The van der Waals surface area contributed by atoms with Gasteiger partial charge in [0.1, 0.15) is 5.76 Å². The quantitative estimate of drug-likeness (QED) is 0.515. The zero-order chi connectivity index (χ0) is 20.3. The number of hydrogen-bond acceptors (Lipinski definition) is 5. The highest BCUT2D eigenvalue weighted by atomic mass is 16.5. The van der Waals surface area contributed by atoms with E-state index in [1.165, 1.54) is 0 Å². The topological polar surface area (TPSA) is 81.8 Å². The van der Waals surface area contributed by atoms with Gasteiger partial charge in [0.05, 0.1) is 18.7 Å². The molecule has 2 aromatic rings. The van der Waals surface area contributed by atoms with Gasteiger partial charge in [0.2, 0.25) is 11.7 Å². The molecular formula is C21H26N2O5. The van der Waals surface area contributed by atoms with Gasteiger partial charge < -0.3 is 18.6 Å². The van der Waals surface area contributed by atoms with Gasteiger partial charge in [-0.05, 0) is 38.5 Å². The van der Waals surface area contributed by atoms with Gasteiger partial charge in [-0.2, -0.15) is 0 Å². The van der Waals surface area contributed by atoms with Gasteiger partial charge in [0.15, 0.2) is 6.61 Å². The number of hydrogen-bond donors (Lipinski definition) is 0. The Kier molecular flexibility index (Phi) is 6.02. The first-order chi connectivity index (χ1) is 13.4. The van der Waals surface area contributed by atoms with E-state index in [4.69, 9.17) is 9.15 Å². The minimum atomic E-state index is -0.553. The van der Waals surface area contributed by atoms with Crippen LogP contribution in [0.15, 0.2) is 28.9 Å². The van der Waals surface area contributed by atoms with Crippen molar-refractivity contribution in [3.8, 4) is 0 Å². The molecule has 0 aromatic carbocycles. The summed E-state index contributed by atoms with van der Waals surface area (Å²) in [5, 5.41) is 0. The van der Waals surface area contributed by atoms with Crippen molar-refractivity contribution in [1.82, 2.24) is 9.47 Å². The van der Waals surface area contributed by atoms with Crippen molar-refractivity contribution < 1.29 is 23.5 Å². The summed E-state index contributed by atoms with van der Waals surface area (Å²) >= 11 is 0. The molecule has 0 radical (unpaired) electrons. The highest BCUT2D eigenvalue weighted by Crippen LogP contribution is 2.22. The van der Waals surface area contributed by atoms with E-state index in [0.29, 0.717) is 17.9 Å². The molecule has 1 fully saturated rings. The number of furan rings is 1. The molecule has 1 saturated heterocycles. The second-order valence-corrected chi connectivity index (χ2v) is 7.22. The van der Waals surface area contributed by atoms with Crippen molar-refractivity contribution in [1.29, 1.82) is 0 Å². The average molecular weight is 386 g/mol. The van der Waals surface area contributed by atoms with Crippen molar-refractivity contribution in [3.63, 3.8) is 0 Å². The molecule has 7 heteroatoms. The van der Waals surface area contributed by atoms with E-state index in [1.807, 2.05) is 19.9 Å². The van der Waals surface area contributed by atoms with Crippen LogP contribution in [0.2, 0.25) is 0 Å². The fraction of sp³-hybridized carbons (Fsp3) is 0.476. The minimum Gasteiger partial charge on any atom is -0.467 e. The molecule has 7 nitrogen and oxygen atoms in total. The molecule has 0 unspecified atom stereocenters. The summed E-state index contributed by atoms with van der Waals surface area (Å²) in [6, 6.07) is 5.38. The molecule has 0 spiro atoms. The second-order valence-electron chi connectivity index (χ2n) is 7.22. The summed E-state index contributed by atoms with van der Waals surface area (Å²) in [4.78, 5) is 38.6. The molecule has 1 atom stereocenters. The largest absolute Gasteiger partial charge is 0.467 e. The van der Waals surface area contributed by atoms with Crippen molar-refractivity contribution in [3.05, 3.63) is 47.2 Å². The van der Waals surface area contributed by atoms with Crippen LogP contribution in [0.3, 0.4) is 0 Å². The number of rotatable bonds is 8. The van der Waals surface area contributed by atoms with Crippen molar-refractivity contribution in [2.45, 2.75) is 46.7 Å². The number of carbonyl (C=O) groups excluding carboxylic acids is 3. The Morgan fingerprint density at radius 2 is 2.11 bits per heavy atom. The highest BCUT2D eigenvalue weighted by Gasteiger charge is 2.36. The Morgan fingerprint density at radius 3 is 2.79 bits per heavy atom. The number of aromatic nitrogens is 1. The van der Waals surface area contributed by atoms with Crippen LogP contribution in [0.4, 0.5) is 0 Å². The van der Waals surface area contributed by atoms with Crippen LogP contribution in [0.1, 0.15) is 47.3 Å². The Labute approximate surface area is 164 Å². The lowest BCUT2D eigenvalue weighted by Crippen LogP contribution is -2.27. The number of aryl methyl sites for hydroxylation is 1. The molecule has 2 aromatic heterocycles. The van der Waals surface area contributed by atoms with Gasteiger partial charge in [0.25, 0.3) is 0 Å². The molecule has 0 N–H and O–H groups in total. The predicted molar refractivity (Wildman–Crippen MR) is 102 cm³/mol. The molecule has 1 aliphatic heterocycles. The fourth-order valence-electron chi connectivity index (χ4n) is 3.66. The summed E-state index contributed by atoms with van der Waals surface area (Å²) in [7, 11) is 0. The molecule has 1 aliphatic rings. The Hall–Kier alpha value is -2.83. The number of Topliss-reactive ketones (excluding diaryl/α,β-unsaturated/α-hetero) is 1. The molecule has 0 aliphatic carbocycles. The molecular weight excluding hydrogens is 360 g/mol. The summed E-state index contributed by atoms with van der Waals surface area (Å²) in [6.45, 7) is 7.09. The zero-order valence-electron chi connectivity index (χ0n) is 16.6. The van der Waals surface area contributed by atoms with Gasteiger partial charge in [0, 0.05) is 36.5 Å². The second kappa shape index (κ2) is 8.46. The third-order valence-electron chi connectivity index (χ3n) is 5.14. The van der Waals surface area contributed by atoms with E-state index >= 15 is 0 Å². The number of ether oxygens (including phenoxy) is 1. The maximum atomic E-state index is 12.5. The third-order valence-corrected chi connectivity index (χ3v) is 5.14. The van der Waals surface area contributed by atoms with E-state index in [0.717, 1.165) is 24.4 Å². The Bertz CT molecular complexity index is 866. The van der Waals surface area contributed by atoms with Gasteiger partial charge in [-0.25, -0.2) is 0 Å². The standard InChI is InChI=1S/C21H26N2O5/c1-4-7-23-14(2)9-18(15(23)3)19(24)13-28-21(26)16-10-20(25)22(11-16)12-17-6-5-8-27-17/h5-6,8-9,16H,4,7,10-13H2,1-3H3/t16-/m0/s1. The molecule has 28 heavy (non-hydrogen) atoms. The highest BCUT2D eigenvalue weighted by molar-refractivity contribution is 5.99. The lowest BCUT2D eigenvalue weighted by Gasteiger charge is -2.14. The molecule has 0 bridgehead atoms. The summed E-state index contributed by atoms with van der Waals surface area (Å²) in [6.07, 6.45) is 2.62. The van der Waals surface area contributed by atoms with Gasteiger partial charge in [-0.1, -0.05) is 6.92 Å². The van der Waals surface area contributed by atoms with Gasteiger partial charge in [-0.3, -0.25) is 14.4 Å². The van der Waals surface area contributed by atoms with E-state index < -0.39 is 11.9 Å². The number of amides is 1. The Balaban J connectivity index is 1.55. The van der Waals surface area contributed by atoms with Crippen molar-refractivity contribution in [2.24, 2.45) is 5.92 Å². The van der Waals surface area contributed by atoms with E-state index in [2.05, 4.69) is 11.5 Å². The summed E-state index contributed by atoms with van der Waals surface area (Å²) in [5.74, 6) is -0.734. The first kappa shape index (κ1) is 19.9.